The summed E-state index contributed by atoms with van der Waals surface area (Å²) in [5.41, 5.74) is 1.19. The summed E-state index contributed by atoms with van der Waals surface area (Å²) in [6, 6.07) is 6.13. The quantitative estimate of drug-likeness (QED) is 0.586. The lowest BCUT2D eigenvalue weighted by Crippen LogP contribution is -2.38. The number of likely N-dealkylation sites (tertiary alicyclic amines) is 1. The van der Waals surface area contributed by atoms with E-state index in [2.05, 4.69) is 40.7 Å². The van der Waals surface area contributed by atoms with Crippen LogP contribution in [0, 0.1) is 12.8 Å². The van der Waals surface area contributed by atoms with Crippen molar-refractivity contribution in [2.45, 2.75) is 52.6 Å². The first-order chi connectivity index (χ1) is 12.0. The van der Waals surface area contributed by atoms with E-state index in [-0.39, 0.29) is 12.1 Å². The molecular formula is C20H30BrNO3. The third-order valence-corrected chi connectivity index (χ3v) is 5.70. The lowest BCUT2D eigenvalue weighted by Gasteiger charge is -2.31. The average molecular weight is 412 g/mol. The Morgan fingerprint density at radius 3 is 2.72 bits per heavy atom. The van der Waals surface area contributed by atoms with Crippen molar-refractivity contribution in [2.75, 3.05) is 26.2 Å². The molecule has 0 amide bonds. The maximum Gasteiger partial charge on any atom is 0.320 e. The van der Waals surface area contributed by atoms with E-state index in [4.69, 9.17) is 9.47 Å². The summed E-state index contributed by atoms with van der Waals surface area (Å²) in [6.45, 7) is 8.95. The Kier molecular flexibility index (Phi) is 8.24. The van der Waals surface area contributed by atoms with Crippen LogP contribution in [0.25, 0.3) is 0 Å². The van der Waals surface area contributed by atoms with E-state index in [1.807, 2.05) is 19.1 Å². The fraction of sp³-hybridized carbons (Fsp3) is 0.650. The number of aryl methyl sites for hydroxylation is 1. The highest BCUT2D eigenvalue weighted by Crippen LogP contribution is 2.25. The van der Waals surface area contributed by atoms with E-state index < -0.39 is 0 Å². The molecule has 1 aromatic rings. The Morgan fingerprint density at radius 1 is 1.36 bits per heavy atom. The average Bonchev–Trinajstić information content (AvgIpc) is 2.58. The van der Waals surface area contributed by atoms with Gasteiger partial charge in [-0.15, -0.1) is 0 Å². The van der Waals surface area contributed by atoms with Gasteiger partial charge in [0.15, 0.2) is 0 Å². The third-order valence-electron chi connectivity index (χ3n) is 4.81. The molecule has 1 saturated heterocycles. The molecule has 4 nitrogen and oxygen atoms in total. The largest absolute Gasteiger partial charge is 0.491 e. The molecule has 1 fully saturated rings. The fourth-order valence-electron chi connectivity index (χ4n) is 3.27. The van der Waals surface area contributed by atoms with Gasteiger partial charge in [0, 0.05) is 4.47 Å². The van der Waals surface area contributed by atoms with E-state index >= 15 is 0 Å². The summed E-state index contributed by atoms with van der Waals surface area (Å²) in [6.07, 6.45) is 4.78. The molecule has 1 aromatic carbocycles. The molecule has 0 saturated carbocycles. The highest BCUT2D eigenvalue weighted by atomic mass is 79.9. The normalized spacial score (nSPS) is 17.3. The summed E-state index contributed by atoms with van der Waals surface area (Å²) in [5, 5.41) is 0. The van der Waals surface area contributed by atoms with E-state index in [0.29, 0.717) is 13.2 Å². The van der Waals surface area contributed by atoms with E-state index in [1.165, 1.54) is 12.0 Å². The van der Waals surface area contributed by atoms with E-state index in [0.717, 1.165) is 48.5 Å². The first kappa shape index (κ1) is 20.2. The second-order valence-corrected chi connectivity index (χ2v) is 7.80. The molecule has 0 N–H and O–H groups in total. The Bertz CT molecular complexity index is 556. The van der Waals surface area contributed by atoms with Crippen molar-refractivity contribution in [3.63, 3.8) is 0 Å². The number of halogens is 1. The van der Waals surface area contributed by atoms with Gasteiger partial charge in [0.25, 0.3) is 0 Å². The minimum Gasteiger partial charge on any atom is -0.491 e. The van der Waals surface area contributed by atoms with Gasteiger partial charge in [-0.3, -0.25) is 9.69 Å². The second kappa shape index (κ2) is 10.2. The van der Waals surface area contributed by atoms with Crippen LogP contribution in [0.2, 0.25) is 0 Å². The molecule has 1 atom stereocenters. The molecule has 0 aromatic heterocycles. The summed E-state index contributed by atoms with van der Waals surface area (Å²) < 4.78 is 12.2. The molecule has 0 bridgehead atoms. The number of carbonyl (C=O) groups excluding carboxylic acids is 1. The fourth-order valence-corrected chi connectivity index (χ4v) is 3.52. The van der Waals surface area contributed by atoms with Crippen LogP contribution in [-0.4, -0.2) is 43.2 Å². The number of esters is 1. The molecule has 0 radical (unpaired) electrons. The predicted molar refractivity (Wildman–Crippen MR) is 104 cm³/mol. The van der Waals surface area contributed by atoms with Crippen LogP contribution in [0.15, 0.2) is 22.7 Å². The van der Waals surface area contributed by atoms with Gasteiger partial charge in [-0.05, 0) is 89.2 Å². The molecule has 25 heavy (non-hydrogen) atoms. The molecule has 1 unspecified atom stereocenters. The molecule has 1 heterocycles. The van der Waals surface area contributed by atoms with Crippen molar-refractivity contribution >= 4 is 21.9 Å². The second-order valence-electron chi connectivity index (χ2n) is 6.94. The van der Waals surface area contributed by atoms with Gasteiger partial charge < -0.3 is 9.47 Å². The van der Waals surface area contributed by atoms with Crippen LogP contribution in [0.5, 0.6) is 5.75 Å². The molecule has 0 aliphatic carbocycles. The summed E-state index contributed by atoms with van der Waals surface area (Å²) in [5.74, 6) is 1.57. The van der Waals surface area contributed by atoms with Gasteiger partial charge in [0.05, 0.1) is 19.3 Å². The van der Waals surface area contributed by atoms with Gasteiger partial charge in [0.2, 0.25) is 0 Å². The summed E-state index contributed by atoms with van der Waals surface area (Å²) in [7, 11) is 0. The van der Waals surface area contributed by atoms with E-state index in [1.54, 1.807) is 0 Å². The lowest BCUT2D eigenvalue weighted by atomic mass is 9.91. The zero-order chi connectivity index (χ0) is 18.2. The van der Waals surface area contributed by atoms with Gasteiger partial charge in [-0.25, -0.2) is 0 Å². The number of carbonyl (C=O) groups is 1. The molecule has 5 heteroatoms. The summed E-state index contributed by atoms with van der Waals surface area (Å²) in [4.78, 5) is 13.8. The predicted octanol–water partition coefficient (Wildman–Crippen LogP) is 4.58. The molecule has 1 aliphatic rings. The van der Waals surface area contributed by atoms with E-state index in [9.17, 15) is 4.79 Å². The SMILES string of the molecule is CCOC(=O)CN1CCC(CCC(C)Oc2ccc(Br)c(C)c2)CC1. The van der Waals surface area contributed by atoms with Crippen LogP contribution in [-0.2, 0) is 9.53 Å². The Labute approximate surface area is 160 Å². The Balaban J connectivity index is 1.66. The summed E-state index contributed by atoms with van der Waals surface area (Å²) >= 11 is 3.52. The number of ether oxygens (including phenoxy) is 2. The molecular weight excluding hydrogens is 382 g/mol. The molecule has 1 aliphatic heterocycles. The van der Waals surface area contributed by atoms with Crippen LogP contribution in [0.1, 0.15) is 45.1 Å². The van der Waals surface area contributed by atoms with Crippen LogP contribution < -0.4 is 4.74 Å². The van der Waals surface area contributed by atoms with Crippen molar-refractivity contribution in [1.29, 1.82) is 0 Å². The highest BCUT2D eigenvalue weighted by molar-refractivity contribution is 9.10. The zero-order valence-electron chi connectivity index (χ0n) is 15.6. The van der Waals surface area contributed by atoms with Crippen molar-refractivity contribution in [2.24, 2.45) is 5.92 Å². The first-order valence-electron chi connectivity index (χ1n) is 9.28. The lowest BCUT2D eigenvalue weighted by molar-refractivity contribution is -0.144. The third kappa shape index (κ3) is 6.98. The van der Waals surface area contributed by atoms with Gasteiger partial charge in [-0.2, -0.15) is 0 Å². The number of piperidine rings is 1. The molecule has 2 rings (SSSR count). The maximum absolute atomic E-state index is 11.5. The van der Waals surface area contributed by atoms with Crippen LogP contribution in [0.4, 0.5) is 0 Å². The minimum atomic E-state index is -0.104. The number of hydrogen-bond donors (Lipinski definition) is 0. The molecule has 0 spiro atoms. The first-order valence-corrected chi connectivity index (χ1v) is 10.1. The topological polar surface area (TPSA) is 38.8 Å². The van der Waals surface area contributed by atoms with Crippen molar-refractivity contribution in [3.8, 4) is 5.75 Å². The van der Waals surface area contributed by atoms with Gasteiger partial charge in [0.1, 0.15) is 5.75 Å². The smallest absolute Gasteiger partial charge is 0.320 e. The van der Waals surface area contributed by atoms with Crippen LogP contribution >= 0.6 is 15.9 Å². The number of rotatable bonds is 8. The Hall–Kier alpha value is -1.07. The minimum absolute atomic E-state index is 0.104. The van der Waals surface area contributed by atoms with Crippen LogP contribution in [0.3, 0.4) is 0 Å². The number of nitrogens with zero attached hydrogens (tertiary/aromatic N) is 1. The van der Waals surface area contributed by atoms with Crippen molar-refractivity contribution in [3.05, 3.63) is 28.2 Å². The monoisotopic (exact) mass is 411 g/mol. The Morgan fingerprint density at radius 2 is 2.08 bits per heavy atom. The highest BCUT2D eigenvalue weighted by Gasteiger charge is 2.21. The van der Waals surface area contributed by atoms with Gasteiger partial charge in [-0.1, -0.05) is 15.9 Å². The number of benzene rings is 1. The standard InChI is InChI=1S/C20H30BrNO3/c1-4-24-20(23)14-22-11-9-17(10-12-22)6-5-16(3)25-18-7-8-19(21)15(2)13-18/h7-8,13,16-17H,4-6,9-12,14H2,1-3H3. The maximum atomic E-state index is 11.5. The number of hydrogen-bond acceptors (Lipinski definition) is 4. The van der Waals surface area contributed by atoms with Gasteiger partial charge >= 0.3 is 5.97 Å². The zero-order valence-corrected chi connectivity index (χ0v) is 17.2. The van der Waals surface area contributed by atoms with Crippen molar-refractivity contribution < 1.29 is 14.3 Å². The van der Waals surface area contributed by atoms with Crippen molar-refractivity contribution in [1.82, 2.24) is 4.90 Å². The molecule has 140 valence electrons.